The van der Waals surface area contributed by atoms with Crippen molar-refractivity contribution < 1.29 is 17.9 Å². The first kappa shape index (κ1) is 21.1. The number of hydrogen-bond acceptors (Lipinski definition) is 6. The summed E-state index contributed by atoms with van der Waals surface area (Å²) in [5.74, 6) is -0.144. The monoisotopic (exact) mass is 455 g/mol. The maximum atomic E-state index is 13.0. The molecule has 2 N–H and O–H groups in total. The number of methoxy groups -OCH3 is 1. The largest absolute Gasteiger partial charge is 0.496 e. The summed E-state index contributed by atoms with van der Waals surface area (Å²) in [6.07, 6.45) is 0. The van der Waals surface area contributed by atoms with Gasteiger partial charge in [0.15, 0.2) is 9.84 Å². The summed E-state index contributed by atoms with van der Waals surface area (Å²) in [7, 11) is -2.00. The number of sulfone groups is 1. The van der Waals surface area contributed by atoms with E-state index in [-0.39, 0.29) is 5.75 Å². The van der Waals surface area contributed by atoms with Crippen LogP contribution in [-0.4, -0.2) is 31.2 Å². The van der Waals surface area contributed by atoms with Gasteiger partial charge in [0, 0.05) is 10.4 Å². The molecule has 2 aromatic carbocycles. The maximum absolute atomic E-state index is 13.0. The normalized spacial score (nSPS) is 11.7. The summed E-state index contributed by atoms with van der Waals surface area (Å²) in [6, 6.07) is 15.9. The van der Waals surface area contributed by atoms with Gasteiger partial charge in [-0.15, -0.1) is 11.3 Å². The molecule has 160 valence electrons. The van der Waals surface area contributed by atoms with E-state index in [1.54, 1.807) is 54.3 Å². The SMILES string of the molecule is COc1cccc2c1c(CS(=O)(=O)c1ccc(C)s1)nn2Cc1ccc(C(N)=O)cc1. The van der Waals surface area contributed by atoms with E-state index in [2.05, 4.69) is 5.10 Å². The predicted molar refractivity (Wildman–Crippen MR) is 120 cm³/mol. The van der Waals surface area contributed by atoms with Crippen LogP contribution in [0.25, 0.3) is 10.9 Å². The van der Waals surface area contributed by atoms with Crippen molar-refractivity contribution in [3.63, 3.8) is 0 Å². The van der Waals surface area contributed by atoms with Crippen molar-refractivity contribution in [2.75, 3.05) is 7.11 Å². The molecule has 4 rings (SSSR count). The van der Waals surface area contributed by atoms with Crippen LogP contribution in [0.5, 0.6) is 5.75 Å². The number of aryl methyl sites for hydroxylation is 1. The Morgan fingerprint density at radius 2 is 1.87 bits per heavy atom. The molecular weight excluding hydrogens is 434 g/mol. The van der Waals surface area contributed by atoms with Crippen molar-refractivity contribution in [3.8, 4) is 5.75 Å². The summed E-state index contributed by atoms with van der Waals surface area (Å²) in [6.45, 7) is 2.28. The van der Waals surface area contributed by atoms with Crippen LogP contribution in [0.4, 0.5) is 0 Å². The minimum Gasteiger partial charge on any atom is -0.496 e. The Balaban J connectivity index is 1.76. The Labute approximate surface area is 184 Å². The van der Waals surface area contributed by atoms with Crippen LogP contribution in [0.2, 0.25) is 0 Å². The Morgan fingerprint density at radius 1 is 1.13 bits per heavy atom. The van der Waals surface area contributed by atoms with Gasteiger partial charge in [-0.2, -0.15) is 5.10 Å². The van der Waals surface area contributed by atoms with Crippen molar-refractivity contribution >= 4 is 38.0 Å². The zero-order chi connectivity index (χ0) is 22.2. The van der Waals surface area contributed by atoms with Gasteiger partial charge in [-0.25, -0.2) is 8.42 Å². The smallest absolute Gasteiger partial charge is 0.248 e. The van der Waals surface area contributed by atoms with Crippen molar-refractivity contribution in [1.82, 2.24) is 9.78 Å². The molecule has 2 aromatic heterocycles. The number of ether oxygens (including phenoxy) is 1. The number of carbonyl (C=O) groups excluding carboxylic acids is 1. The van der Waals surface area contributed by atoms with Crippen LogP contribution >= 0.6 is 11.3 Å². The number of carbonyl (C=O) groups is 1. The van der Waals surface area contributed by atoms with Crippen molar-refractivity contribution in [1.29, 1.82) is 0 Å². The average Bonchev–Trinajstić information content (AvgIpc) is 3.33. The number of hydrogen-bond donors (Lipinski definition) is 1. The lowest BCUT2D eigenvalue weighted by molar-refractivity contribution is 0.1000. The molecule has 0 fully saturated rings. The van der Waals surface area contributed by atoms with Crippen LogP contribution in [-0.2, 0) is 22.1 Å². The zero-order valence-corrected chi connectivity index (χ0v) is 18.7. The summed E-state index contributed by atoms with van der Waals surface area (Å²) in [5.41, 5.74) is 7.84. The lowest BCUT2D eigenvalue weighted by Gasteiger charge is -2.06. The molecule has 2 heterocycles. The molecule has 0 radical (unpaired) electrons. The third-order valence-electron chi connectivity index (χ3n) is 4.95. The fourth-order valence-electron chi connectivity index (χ4n) is 3.44. The number of primary amides is 1. The van der Waals surface area contributed by atoms with E-state index in [0.717, 1.165) is 16.0 Å². The number of benzene rings is 2. The number of fused-ring (bicyclic) bond motifs is 1. The number of rotatable bonds is 7. The van der Waals surface area contributed by atoms with Gasteiger partial charge < -0.3 is 10.5 Å². The maximum Gasteiger partial charge on any atom is 0.248 e. The molecule has 0 aliphatic rings. The van der Waals surface area contributed by atoms with E-state index in [1.807, 2.05) is 19.1 Å². The molecule has 0 bridgehead atoms. The fraction of sp³-hybridized carbons (Fsp3) is 0.182. The highest BCUT2D eigenvalue weighted by molar-refractivity contribution is 7.92. The molecule has 9 heteroatoms. The van der Waals surface area contributed by atoms with Gasteiger partial charge in [-0.05, 0) is 48.9 Å². The summed E-state index contributed by atoms with van der Waals surface area (Å²) in [5, 5.41) is 5.32. The van der Waals surface area contributed by atoms with E-state index >= 15 is 0 Å². The number of nitrogens with two attached hydrogens (primary N) is 1. The van der Waals surface area contributed by atoms with Gasteiger partial charge in [0.2, 0.25) is 5.91 Å². The number of thiophene rings is 1. The van der Waals surface area contributed by atoms with E-state index in [9.17, 15) is 13.2 Å². The van der Waals surface area contributed by atoms with E-state index in [0.29, 0.717) is 33.1 Å². The second kappa shape index (κ2) is 8.16. The van der Waals surface area contributed by atoms with Crippen LogP contribution in [0, 0.1) is 6.92 Å². The Hall–Kier alpha value is -3.17. The summed E-state index contributed by atoms with van der Waals surface area (Å²) < 4.78 is 33.6. The van der Waals surface area contributed by atoms with Gasteiger partial charge in [-0.1, -0.05) is 18.2 Å². The van der Waals surface area contributed by atoms with Crippen LogP contribution in [0.1, 0.15) is 26.5 Å². The quantitative estimate of drug-likeness (QED) is 0.459. The molecule has 0 aliphatic heterocycles. The Morgan fingerprint density at radius 3 is 2.48 bits per heavy atom. The molecule has 1 amide bonds. The van der Waals surface area contributed by atoms with Crippen LogP contribution in [0.15, 0.2) is 58.8 Å². The highest BCUT2D eigenvalue weighted by atomic mass is 32.2. The topological polar surface area (TPSA) is 104 Å². The Bertz CT molecular complexity index is 1370. The first-order valence-corrected chi connectivity index (χ1v) is 12.0. The molecule has 4 aromatic rings. The highest BCUT2D eigenvalue weighted by Crippen LogP contribution is 2.32. The summed E-state index contributed by atoms with van der Waals surface area (Å²) >= 11 is 1.25. The van der Waals surface area contributed by atoms with Gasteiger partial charge >= 0.3 is 0 Å². The molecule has 0 unspecified atom stereocenters. The van der Waals surface area contributed by atoms with Crippen molar-refractivity contribution in [2.24, 2.45) is 5.73 Å². The Kier molecular flexibility index (Phi) is 5.55. The third kappa shape index (κ3) is 4.19. The molecule has 0 saturated carbocycles. The van der Waals surface area contributed by atoms with Crippen LogP contribution in [0.3, 0.4) is 0 Å². The lowest BCUT2D eigenvalue weighted by atomic mass is 10.1. The fourth-order valence-corrected chi connectivity index (χ4v) is 6.09. The van der Waals surface area contributed by atoms with Crippen molar-refractivity contribution in [2.45, 2.75) is 23.4 Å². The molecule has 0 saturated heterocycles. The number of nitrogens with zero attached hydrogens (tertiary/aromatic N) is 2. The lowest BCUT2D eigenvalue weighted by Crippen LogP contribution is -2.11. The van der Waals surface area contributed by atoms with Crippen molar-refractivity contribution in [3.05, 3.63) is 76.3 Å². The summed E-state index contributed by atoms with van der Waals surface area (Å²) in [4.78, 5) is 12.2. The molecule has 0 spiro atoms. The third-order valence-corrected chi connectivity index (χ3v) is 8.16. The van der Waals surface area contributed by atoms with E-state index in [4.69, 9.17) is 10.5 Å². The standard InChI is InChI=1S/C22H21N3O4S2/c1-14-6-11-20(30-14)31(27,28)13-17-21-18(4-3-5-19(21)29-2)25(24-17)12-15-7-9-16(10-8-15)22(23)26/h3-11H,12-13H2,1-2H3,(H2,23,26). The minimum absolute atomic E-state index is 0.225. The molecular formula is C22H21N3O4S2. The first-order valence-electron chi connectivity index (χ1n) is 9.49. The van der Waals surface area contributed by atoms with Gasteiger partial charge in [-0.3, -0.25) is 9.48 Å². The second-order valence-corrected chi connectivity index (χ2v) is 10.6. The van der Waals surface area contributed by atoms with Gasteiger partial charge in [0.1, 0.15) is 15.7 Å². The van der Waals surface area contributed by atoms with Gasteiger partial charge in [0.05, 0.1) is 30.3 Å². The minimum atomic E-state index is -3.55. The first-order chi connectivity index (χ1) is 14.8. The average molecular weight is 456 g/mol. The molecule has 0 aliphatic carbocycles. The van der Waals surface area contributed by atoms with E-state index in [1.165, 1.54) is 11.3 Å². The van der Waals surface area contributed by atoms with Gasteiger partial charge in [0.25, 0.3) is 0 Å². The van der Waals surface area contributed by atoms with E-state index < -0.39 is 15.7 Å². The highest BCUT2D eigenvalue weighted by Gasteiger charge is 2.23. The molecule has 31 heavy (non-hydrogen) atoms. The zero-order valence-electron chi connectivity index (χ0n) is 17.0. The van der Waals surface area contributed by atoms with Crippen LogP contribution < -0.4 is 10.5 Å². The number of aromatic nitrogens is 2. The molecule has 0 atom stereocenters. The molecule has 7 nitrogen and oxygen atoms in total. The number of amides is 1. The second-order valence-electron chi connectivity index (χ2n) is 7.14. The predicted octanol–water partition coefficient (Wildman–Crippen LogP) is 3.54.